The molecule has 1 heteroatoms. The Bertz CT molecular complexity index is 2550. The van der Waals surface area contributed by atoms with Gasteiger partial charge >= 0.3 is 0 Å². The summed E-state index contributed by atoms with van der Waals surface area (Å²) in [5.41, 5.74) is 11.4. The zero-order valence-electron chi connectivity index (χ0n) is 26.2. The molecule has 0 N–H and O–H groups in total. The van der Waals surface area contributed by atoms with E-state index in [0.29, 0.717) is 0 Å². The Labute approximate surface area is 279 Å². The van der Waals surface area contributed by atoms with Crippen LogP contribution in [0.4, 0.5) is 0 Å². The SMILES string of the molecule is c1ccc(-c2c3ccccc3c(-c3ccc4c(c3)C(c3ccccc3)(c3ccccc3)c3c-4oc4ccccc34)c3ccccc23)cc1. The van der Waals surface area contributed by atoms with Gasteiger partial charge in [0.15, 0.2) is 0 Å². The molecule has 0 saturated carbocycles. The van der Waals surface area contributed by atoms with E-state index in [0.717, 1.165) is 22.3 Å². The van der Waals surface area contributed by atoms with Gasteiger partial charge in [0.2, 0.25) is 0 Å². The summed E-state index contributed by atoms with van der Waals surface area (Å²) in [6.45, 7) is 0. The van der Waals surface area contributed by atoms with Crippen molar-refractivity contribution in [1.82, 2.24) is 0 Å². The van der Waals surface area contributed by atoms with Crippen molar-refractivity contribution in [3.63, 3.8) is 0 Å². The van der Waals surface area contributed by atoms with Crippen LogP contribution in [0.3, 0.4) is 0 Å². The average Bonchev–Trinajstić information content (AvgIpc) is 3.68. The highest BCUT2D eigenvalue weighted by atomic mass is 16.3. The zero-order chi connectivity index (χ0) is 31.7. The van der Waals surface area contributed by atoms with Crippen molar-refractivity contribution in [3.8, 4) is 33.6 Å². The Kier molecular flexibility index (Phi) is 5.86. The highest BCUT2D eigenvalue weighted by Crippen LogP contribution is 2.60. The predicted molar refractivity (Wildman–Crippen MR) is 199 cm³/mol. The second-order valence-corrected chi connectivity index (χ2v) is 12.8. The van der Waals surface area contributed by atoms with Crippen LogP contribution in [-0.2, 0) is 5.41 Å². The lowest BCUT2D eigenvalue weighted by molar-refractivity contribution is 0.628. The number of benzene rings is 8. The second kappa shape index (κ2) is 10.4. The van der Waals surface area contributed by atoms with Gasteiger partial charge in [-0.1, -0.05) is 170 Å². The van der Waals surface area contributed by atoms with E-state index in [1.165, 1.54) is 66.1 Å². The summed E-state index contributed by atoms with van der Waals surface area (Å²) < 4.78 is 6.79. The maximum atomic E-state index is 6.79. The summed E-state index contributed by atoms with van der Waals surface area (Å²) in [5, 5.41) is 6.17. The molecule has 0 atom stereocenters. The van der Waals surface area contributed by atoms with Crippen molar-refractivity contribution in [2.75, 3.05) is 0 Å². The van der Waals surface area contributed by atoms with Crippen molar-refractivity contribution in [1.29, 1.82) is 0 Å². The molecule has 0 amide bonds. The summed E-state index contributed by atoms with van der Waals surface area (Å²) in [7, 11) is 0. The van der Waals surface area contributed by atoms with E-state index in [2.05, 4.69) is 182 Å². The van der Waals surface area contributed by atoms with Crippen LogP contribution in [0, 0.1) is 0 Å². The molecule has 1 aromatic heterocycles. The van der Waals surface area contributed by atoms with E-state index in [1.807, 2.05) is 0 Å². The minimum atomic E-state index is -0.564. The standard InChI is InChI=1S/C47H30O/c1-4-16-31(17-5-1)43-35-22-10-12-24-37(35)44(38-25-13-11-23-36(38)43)32-28-29-39-41(30-32)47(33-18-6-2-7-19-33,34-20-8-3-9-21-34)45-40-26-14-15-27-42(40)48-46(39)45/h1-30H. The molecule has 0 aliphatic heterocycles. The molecule has 1 heterocycles. The van der Waals surface area contributed by atoms with Gasteiger partial charge in [0.25, 0.3) is 0 Å². The lowest BCUT2D eigenvalue weighted by Gasteiger charge is -2.33. The van der Waals surface area contributed by atoms with Gasteiger partial charge < -0.3 is 4.42 Å². The molecule has 0 unspecified atom stereocenters. The monoisotopic (exact) mass is 610 g/mol. The van der Waals surface area contributed by atoms with Crippen LogP contribution < -0.4 is 0 Å². The van der Waals surface area contributed by atoms with E-state index in [-0.39, 0.29) is 0 Å². The molecule has 1 aliphatic carbocycles. The van der Waals surface area contributed by atoms with E-state index < -0.39 is 5.41 Å². The second-order valence-electron chi connectivity index (χ2n) is 12.8. The largest absolute Gasteiger partial charge is 0.456 e. The molecular formula is C47H30O. The van der Waals surface area contributed by atoms with E-state index in [9.17, 15) is 0 Å². The van der Waals surface area contributed by atoms with Gasteiger partial charge in [0.1, 0.15) is 11.3 Å². The van der Waals surface area contributed by atoms with Crippen molar-refractivity contribution in [3.05, 3.63) is 204 Å². The normalized spacial score (nSPS) is 13.2. The highest BCUT2D eigenvalue weighted by Gasteiger charge is 2.49. The van der Waals surface area contributed by atoms with Crippen molar-refractivity contribution < 1.29 is 4.42 Å². The van der Waals surface area contributed by atoms with E-state index in [1.54, 1.807) is 0 Å². The summed E-state index contributed by atoms with van der Waals surface area (Å²) in [5.74, 6) is 0.958. The Balaban J connectivity index is 1.34. The van der Waals surface area contributed by atoms with Crippen LogP contribution in [0.25, 0.3) is 66.1 Å². The van der Waals surface area contributed by atoms with Gasteiger partial charge in [-0.15, -0.1) is 0 Å². The van der Waals surface area contributed by atoms with Crippen molar-refractivity contribution >= 4 is 32.5 Å². The maximum Gasteiger partial charge on any atom is 0.140 e. The molecule has 0 fully saturated rings. The lowest BCUT2D eigenvalue weighted by atomic mass is 9.67. The number of rotatable bonds is 4. The first-order valence-electron chi connectivity index (χ1n) is 16.6. The smallest absolute Gasteiger partial charge is 0.140 e. The van der Waals surface area contributed by atoms with Gasteiger partial charge in [-0.2, -0.15) is 0 Å². The zero-order valence-corrected chi connectivity index (χ0v) is 26.2. The van der Waals surface area contributed by atoms with Crippen LogP contribution in [0.5, 0.6) is 0 Å². The van der Waals surface area contributed by atoms with Gasteiger partial charge in [-0.25, -0.2) is 0 Å². The molecule has 0 spiro atoms. The van der Waals surface area contributed by atoms with Gasteiger partial charge in [-0.3, -0.25) is 0 Å². The van der Waals surface area contributed by atoms with Gasteiger partial charge in [-0.05, 0) is 72.6 Å². The molecule has 224 valence electrons. The van der Waals surface area contributed by atoms with E-state index in [4.69, 9.17) is 4.42 Å². The van der Waals surface area contributed by atoms with Crippen molar-refractivity contribution in [2.24, 2.45) is 0 Å². The van der Waals surface area contributed by atoms with Crippen LogP contribution in [0.2, 0.25) is 0 Å². The number of hydrogen-bond donors (Lipinski definition) is 0. The van der Waals surface area contributed by atoms with Crippen LogP contribution in [0.15, 0.2) is 186 Å². The van der Waals surface area contributed by atoms with Crippen LogP contribution >= 0.6 is 0 Å². The Morgan fingerprint density at radius 2 is 0.833 bits per heavy atom. The minimum Gasteiger partial charge on any atom is -0.456 e. The molecule has 10 rings (SSSR count). The predicted octanol–water partition coefficient (Wildman–Crippen LogP) is 12.4. The number of hydrogen-bond acceptors (Lipinski definition) is 1. The first-order valence-corrected chi connectivity index (χ1v) is 16.6. The fourth-order valence-electron chi connectivity index (χ4n) is 8.45. The number of furan rings is 1. The number of fused-ring (bicyclic) bond motifs is 7. The molecule has 0 bridgehead atoms. The van der Waals surface area contributed by atoms with Gasteiger partial charge in [0, 0.05) is 16.5 Å². The van der Waals surface area contributed by atoms with Gasteiger partial charge in [0.05, 0.1) is 5.41 Å². The summed E-state index contributed by atoms with van der Waals surface area (Å²) in [4.78, 5) is 0. The third-order valence-corrected chi connectivity index (χ3v) is 10.3. The Morgan fingerprint density at radius 3 is 1.40 bits per heavy atom. The highest BCUT2D eigenvalue weighted by molar-refractivity contribution is 6.21. The fourth-order valence-corrected chi connectivity index (χ4v) is 8.45. The topological polar surface area (TPSA) is 13.1 Å². The Hall–Kier alpha value is -6.18. The first kappa shape index (κ1) is 27.0. The quantitative estimate of drug-likeness (QED) is 0.181. The van der Waals surface area contributed by atoms with E-state index >= 15 is 0 Å². The number of para-hydroxylation sites is 1. The third kappa shape index (κ3) is 3.67. The molecule has 8 aromatic carbocycles. The third-order valence-electron chi connectivity index (χ3n) is 10.3. The average molecular weight is 611 g/mol. The summed E-state index contributed by atoms with van der Waals surface area (Å²) in [6.07, 6.45) is 0. The molecular weight excluding hydrogens is 581 g/mol. The lowest BCUT2D eigenvalue weighted by Crippen LogP contribution is -2.28. The molecule has 0 saturated heterocycles. The molecule has 0 radical (unpaired) electrons. The molecule has 48 heavy (non-hydrogen) atoms. The van der Waals surface area contributed by atoms with Crippen LogP contribution in [-0.4, -0.2) is 0 Å². The van der Waals surface area contributed by atoms with Crippen molar-refractivity contribution in [2.45, 2.75) is 5.41 Å². The fraction of sp³-hybridized carbons (Fsp3) is 0.0213. The first-order chi connectivity index (χ1) is 23.8. The summed E-state index contributed by atoms with van der Waals surface area (Å²) in [6, 6.07) is 66.1. The maximum absolute atomic E-state index is 6.79. The Morgan fingerprint density at radius 1 is 0.375 bits per heavy atom. The minimum absolute atomic E-state index is 0.564. The molecule has 9 aromatic rings. The summed E-state index contributed by atoms with van der Waals surface area (Å²) >= 11 is 0. The molecule has 1 nitrogen and oxygen atoms in total. The van der Waals surface area contributed by atoms with Crippen LogP contribution in [0.1, 0.15) is 22.3 Å². The molecule has 1 aliphatic rings.